The Morgan fingerprint density at radius 1 is 1.18 bits per heavy atom. The molecule has 144 valence electrons. The highest BCUT2D eigenvalue weighted by atomic mass is 32.1. The molecule has 1 aliphatic heterocycles. The second-order valence-corrected chi connectivity index (χ2v) is 7.90. The van der Waals surface area contributed by atoms with Crippen LogP contribution in [0, 0.1) is 11.7 Å². The number of likely N-dealkylation sites (tertiary alicyclic amines) is 1. The van der Waals surface area contributed by atoms with Gasteiger partial charge in [0.2, 0.25) is 0 Å². The van der Waals surface area contributed by atoms with Gasteiger partial charge in [-0.3, -0.25) is 9.59 Å². The molecular formula is C21H20FN3O2S. The van der Waals surface area contributed by atoms with Crippen LogP contribution < -0.4 is 5.56 Å². The number of thiophene rings is 1. The molecule has 1 saturated heterocycles. The number of carbonyl (C=O) groups is 1. The molecule has 0 spiro atoms. The van der Waals surface area contributed by atoms with Gasteiger partial charge < -0.3 is 4.90 Å². The molecule has 5 nitrogen and oxygen atoms in total. The van der Waals surface area contributed by atoms with Crippen LogP contribution in [0.25, 0.3) is 10.6 Å². The molecule has 0 unspecified atom stereocenters. The maximum Gasteiger partial charge on any atom is 0.266 e. The first-order valence-corrected chi connectivity index (χ1v) is 10.2. The van der Waals surface area contributed by atoms with Gasteiger partial charge in [-0.2, -0.15) is 5.10 Å². The molecule has 2 aromatic heterocycles. The topological polar surface area (TPSA) is 55.2 Å². The molecule has 1 atom stereocenters. The third-order valence-electron chi connectivity index (χ3n) is 4.98. The Bertz CT molecular complexity index is 1030. The van der Waals surface area contributed by atoms with E-state index in [0.29, 0.717) is 19.6 Å². The smallest absolute Gasteiger partial charge is 0.266 e. The molecule has 3 heterocycles. The average Bonchev–Trinajstić information content (AvgIpc) is 3.25. The number of rotatable bonds is 4. The van der Waals surface area contributed by atoms with Gasteiger partial charge in [-0.1, -0.05) is 18.2 Å². The highest BCUT2D eigenvalue weighted by Gasteiger charge is 2.26. The molecular weight excluding hydrogens is 377 g/mol. The Labute approximate surface area is 166 Å². The van der Waals surface area contributed by atoms with E-state index in [1.807, 2.05) is 17.5 Å². The van der Waals surface area contributed by atoms with Gasteiger partial charge in [-0.15, -0.1) is 11.3 Å². The molecule has 7 heteroatoms. The van der Waals surface area contributed by atoms with Gasteiger partial charge in [0.05, 0.1) is 10.4 Å². The van der Waals surface area contributed by atoms with Crippen molar-refractivity contribution in [3.8, 4) is 10.6 Å². The summed E-state index contributed by atoms with van der Waals surface area (Å²) in [4.78, 5) is 27.7. The zero-order valence-corrected chi connectivity index (χ0v) is 16.1. The number of amides is 1. The number of nitrogens with zero attached hydrogens (tertiary/aromatic N) is 3. The van der Waals surface area contributed by atoms with Gasteiger partial charge in [0, 0.05) is 25.7 Å². The third kappa shape index (κ3) is 3.89. The van der Waals surface area contributed by atoms with Gasteiger partial charge in [-0.05, 0) is 48.4 Å². The van der Waals surface area contributed by atoms with Crippen LogP contribution in [-0.4, -0.2) is 33.7 Å². The van der Waals surface area contributed by atoms with Crippen LogP contribution in [0.5, 0.6) is 0 Å². The normalized spacial score (nSPS) is 16.9. The summed E-state index contributed by atoms with van der Waals surface area (Å²) in [6.07, 6.45) is 1.72. The first-order chi connectivity index (χ1) is 13.6. The molecule has 28 heavy (non-hydrogen) atoms. The van der Waals surface area contributed by atoms with Crippen molar-refractivity contribution in [3.05, 3.63) is 75.6 Å². The SMILES string of the molecule is O=C(c1ccccc1F)N1CCC[C@@H](Cn2nc(-c3cccs3)ccc2=O)C1. The van der Waals surface area contributed by atoms with E-state index in [0.717, 1.165) is 23.4 Å². The zero-order valence-electron chi connectivity index (χ0n) is 15.3. The van der Waals surface area contributed by atoms with Crippen molar-refractivity contribution in [1.82, 2.24) is 14.7 Å². The Hall–Kier alpha value is -2.80. The van der Waals surface area contributed by atoms with Crippen molar-refractivity contribution in [3.63, 3.8) is 0 Å². The summed E-state index contributed by atoms with van der Waals surface area (Å²) in [5.41, 5.74) is 0.709. The summed E-state index contributed by atoms with van der Waals surface area (Å²) in [5.74, 6) is -0.695. The van der Waals surface area contributed by atoms with E-state index >= 15 is 0 Å². The number of piperidine rings is 1. The Morgan fingerprint density at radius 2 is 2.04 bits per heavy atom. The van der Waals surface area contributed by atoms with Gasteiger partial charge >= 0.3 is 0 Å². The number of hydrogen-bond acceptors (Lipinski definition) is 4. The Balaban J connectivity index is 1.50. The van der Waals surface area contributed by atoms with Crippen molar-refractivity contribution in [2.24, 2.45) is 5.92 Å². The minimum Gasteiger partial charge on any atom is -0.338 e. The second kappa shape index (κ2) is 8.06. The van der Waals surface area contributed by atoms with E-state index in [-0.39, 0.29) is 22.9 Å². The van der Waals surface area contributed by atoms with Crippen molar-refractivity contribution in [2.45, 2.75) is 19.4 Å². The molecule has 3 aromatic rings. The van der Waals surface area contributed by atoms with Crippen LogP contribution in [0.15, 0.2) is 58.7 Å². The van der Waals surface area contributed by atoms with E-state index in [1.54, 1.807) is 34.4 Å². The highest BCUT2D eigenvalue weighted by Crippen LogP contribution is 2.23. The Morgan fingerprint density at radius 3 is 2.82 bits per heavy atom. The molecule has 1 fully saturated rings. The molecule has 0 radical (unpaired) electrons. The fraction of sp³-hybridized carbons (Fsp3) is 0.286. The standard InChI is InChI=1S/C21H20FN3O2S/c22-17-7-2-1-6-16(17)21(27)24-11-3-5-15(13-24)14-25-20(26)10-9-18(23-25)19-8-4-12-28-19/h1-2,4,6-10,12,15H,3,5,11,13-14H2/t15-/m1/s1. The molecule has 4 rings (SSSR count). The molecule has 0 N–H and O–H groups in total. The summed E-state index contributed by atoms with van der Waals surface area (Å²) in [6.45, 7) is 1.53. The van der Waals surface area contributed by atoms with Crippen LogP contribution in [0.1, 0.15) is 23.2 Å². The van der Waals surface area contributed by atoms with Gasteiger partial charge in [0.25, 0.3) is 11.5 Å². The zero-order chi connectivity index (χ0) is 19.5. The van der Waals surface area contributed by atoms with E-state index < -0.39 is 5.82 Å². The first-order valence-electron chi connectivity index (χ1n) is 9.27. The lowest BCUT2D eigenvalue weighted by atomic mass is 9.97. The number of aromatic nitrogens is 2. The van der Waals surface area contributed by atoms with Crippen LogP contribution in [0.3, 0.4) is 0 Å². The van der Waals surface area contributed by atoms with Crippen LogP contribution in [-0.2, 0) is 6.54 Å². The summed E-state index contributed by atoms with van der Waals surface area (Å²) >= 11 is 1.57. The predicted octanol–water partition coefficient (Wildman–Crippen LogP) is 3.66. The summed E-state index contributed by atoms with van der Waals surface area (Å²) in [5, 5.41) is 6.47. The lowest BCUT2D eigenvalue weighted by molar-refractivity contribution is 0.0654. The lowest BCUT2D eigenvalue weighted by Gasteiger charge is -2.33. The summed E-state index contributed by atoms with van der Waals surface area (Å²) in [7, 11) is 0. The monoisotopic (exact) mass is 397 g/mol. The number of benzene rings is 1. The van der Waals surface area contributed by atoms with E-state index in [9.17, 15) is 14.0 Å². The van der Waals surface area contributed by atoms with Crippen molar-refractivity contribution in [2.75, 3.05) is 13.1 Å². The summed E-state index contributed by atoms with van der Waals surface area (Å²) in [6, 6.07) is 13.2. The molecule has 1 aromatic carbocycles. The fourth-order valence-corrected chi connectivity index (χ4v) is 4.27. The third-order valence-corrected chi connectivity index (χ3v) is 5.87. The van der Waals surface area contributed by atoms with Crippen molar-refractivity contribution in [1.29, 1.82) is 0 Å². The quantitative estimate of drug-likeness (QED) is 0.675. The van der Waals surface area contributed by atoms with Crippen molar-refractivity contribution < 1.29 is 9.18 Å². The van der Waals surface area contributed by atoms with Crippen molar-refractivity contribution >= 4 is 17.2 Å². The molecule has 1 amide bonds. The molecule has 1 aliphatic rings. The predicted molar refractivity (Wildman–Crippen MR) is 107 cm³/mol. The van der Waals surface area contributed by atoms with Gasteiger partial charge in [-0.25, -0.2) is 9.07 Å². The Kier molecular flexibility index (Phi) is 5.34. The highest BCUT2D eigenvalue weighted by molar-refractivity contribution is 7.13. The summed E-state index contributed by atoms with van der Waals surface area (Å²) < 4.78 is 15.5. The average molecular weight is 397 g/mol. The second-order valence-electron chi connectivity index (χ2n) is 6.96. The number of carbonyl (C=O) groups excluding carboxylic acids is 1. The van der Waals surface area contributed by atoms with E-state index in [2.05, 4.69) is 5.10 Å². The fourth-order valence-electron chi connectivity index (χ4n) is 3.58. The lowest BCUT2D eigenvalue weighted by Crippen LogP contribution is -2.42. The maximum absolute atomic E-state index is 14.0. The van der Waals surface area contributed by atoms with Crippen LogP contribution in [0.4, 0.5) is 4.39 Å². The van der Waals surface area contributed by atoms with Gasteiger partial charge in [0.15, 0.2) is 0 Å². The van der Waals surface area contributed by atoms with Crippen LogP contribution >= 0.6 is 11.3 Å². The van der Waals surface area contributed by atoms with Crippen LogP contribution in [0.2, 0.25) is 0 Å². The first kappa shape index (κ1) is 18.6. The minimum absolute atomic E-state index is 0.0955. The minimum atomic E-state index is -0.504. The molecule has 0 bridgehead atoms. The van der Waals surface area contributed by atoms with E-state index in [1.165, 1.54) is 22.9 Å². The largest absolute Gasteiger partial charge is 0.338 e. The molecule has 0 aliphatic carbocycles. The van der Waals surface area contributed by atoms with E-state index in [4.69, 9.17) is 0 Å². The number of halogens is 1. The molecule has 0 saturated carbocycles. The number of hydrogen-bond donors (Lipinski definition) is 0. The van der Waals surface area contributed by atoms with Gasteiger partial charge in [0.1, 0.15) is 11.5 Å². The maximum atomic E-state index is 14.0.